The first-order valence-corrected chi connectivity index (χ1v) is 6.38. The van der Waals surface area contributed by atoms with E-state index < -0.39 is 0 Å². The predicted molar refractivity (Wildman–Crippen MR) is 72.7 cm³/mol. The molecule has 0 aliphatic heterocycles. The number of nitrogens with one attached hydrogen (secondary N) is 1. The Morgan fingerprint density at radius 3 is 2.33 bits per heavy atom. The van der Waals surface area contributed by atoms with E-state index in [1.54, 1.807) is 18.2 Å². The minimum absolute atomic E-state index is 0.241. The summed E-state index contributed by atoms with van der Waals surface area (Å²) >= 11 is 3.38. The molecule has 2 rings (SSSR count). The smallest absolute Gasteiger partial charge is 0.123 e. The first-order valence-electron chi connectivity index (χ1n) is 5.58. The molecule has 0 saturated carbocycles. The van der Waals surface area contributed by atoms with Crippen molar-refractivity contribution in [3.05, 3.63) is 64.1 Å². The van der Waals surface area contributed by atoms with Gasteiger partial charge in [-0.15, -0.1) is 0 Å². The lowest BCUT2D eigenvalue weighted by atomic mass is 10.1. The lowest BCUT2D eigenvalue weighted by Gasteiger charge is -2.08. The van der Waals surface area contributed by atoms with Crippen molar-refractivity contribution in [1.29, 1.82) is 0 Å². The van der Waals surface area contributed by atoms with E-state index in [-0.39, 0.29) is 11.6 Å². The van der Waals surface area contributed by atoms with Crippen molar-refractivity contribution in [2.45, 2.75) is 6.42 Å². The molecule has 18 heavy (non-hydrogen) atoms. The fraction of sp³-hybridized carbons (Fsp3) is 0.143. The van der Waals surface area contributed by atoms with Crippen molar-refractivity contribution in [3.8, 4) is 0 Å². The molecule has 1 N–H and O–H groups in total. The summed E-state index contributed by atoms with van der Waals surface area (Å²) in [7, 11) is 0. The van der Waals surface area contributed by atoms with Gasteiger partial charge in [-0.1, -0.05) is 15.9 Å². The maximum atomic E-state index is 13.1. The van der Waals surface area contributed by atoms with Crippen LogP contribution in [-0.4, -0.2) is 6.54 Å². The van der Waals surface area contributed by atoms with Crippen LogP contribution in [0.3, 0.4) is 0 Å². The highest BCUT2D eigenvalue weighted by Gasteiger charge is 2.01. The van der Waals surface area contributed by atoms with Gasteiger partial charge in [0, 0.05) is 16.7 Å². The second kappa shape index (κ2) is 5.96. The summed E-state index contributed by atoms with van der Waals surface area (Å²) in [5.74, 6) is -0.497. The van der Waals surface area contributed by atoms with Crippen LogP contribution in [0.5, 0.6) is 0 Å². The van der Waals surface area contributed by atoms with Gasteiger partial charge in [-0.05, 0) is 54.4 Å². The minimum Gasteiger partial charge on any atom is -0.385 e. The number of anilines is 1. The molecule has 0 bridgehead atoms. The van der Waals surface area contributed by atoms with Crippen molar-refractivity contribution in [1.82, 2.24) is 0 Å². The van der Waals surface area contributed by atoms with Crippen LogP contribution in [0.2, 0.25) is 0 Å². The van der Waals surface area contributed by atoms with Gasteiger partial charge in [0.05, 0.1) is 0 Å². The second-order valence-electron chi connectivity index (χ2n) is 3.92. The molecule has 0 amide bonds. The van der Waals surface area contributed by atoms with Crippen LogP contribution in [-0.2, 0) is 6.42 Å². The monoisotopic (exact) mass is 311 g/mol. The Bertz CT molecular complexity index is 526. The van der Waals surface area contributed by atoms with E-state index in [2.05, 4.69) is 21.2 Å². The highest BCUT2D eigenvalue weighted by molar-refractivity contribution is 9.10. The summed E-state index contributed by atoms with van der Waals surface area (Å²) < 4.78 is 26.6. The molecule has 0 aliphatic rings. The van der Waals surface area contributed by atoms with Gasteiger partial charge in [0.25, 0.3) is 0 Å². The largest absolute Gasteiger partial charge is 0.385 e. The summed E-state index contributed by atoms with van der Waals surface area (Å²) in [6, 6.07) is 10.8. The summed E-state index contributed by atoms with van der Waals surface area (Å²) in [5.41, 5.74) is 1.76. The highest BCUT2D eigenvalue weighted by atomic mass is 79.9. The van der Waals surface area contributed by atoms with Crippen LogP contribution in [0.4, 0.5) is 14.5 Å². The summed E-state index contributed by atoms with van der Waals surface area (Å²) in [5, 5.41) is 3.16. The summed E-state index contributed by atoms with van der Waals surface area (Å²) in [6.45, 7) is 0.660. The predicted octanol–water partition coefficient (Wildman–Crippen LogP) is 4.38. The van der Waals surface area contributed by atoms with Gasteiger partial charge in [0.2, 0.25) is 0 Å². The van der Waals surface area contributed by atoms with E-state index in [1.807, 2.05) is 0 Å². The van der Waals surface area contributed by atoms with Gasteiger partial charge in [0.1, 0.15) is 11.6 Å². The minimum atomic E-state index is -0.256. The molecule has 0 fully saturated rings. The fourth-order valence-electron chi connectivity index (χ4n) is 1.64. The molecule has 0 heterocycles. The van der Waals surface area contributed by atoms with Gasteiger partial charge in [-0.2, -0.15) is 0 Å². The van der Waals surface area contributed by atoms with Crippen LogP contribution < -0.4 is 5.32 Å². The Morgan fingerprint density at radius 2 is 1.61 bits per heavy atom. The average molecular weight is 312 g/mol. The molecule has 0 radical (unpaired) electrons. The van der Waals surface area contributed by atoms with Crippen LogP contribution in [0, 0.1) is 11.6 Å². The van der Waals surface area contributed by atoms with E-state index in [9.17, 15) is 8.78 Å². The number of hydrogen-bond donors (Lipinski definition) is 1. The molecular weight excluding hydrogens is 300 g/mol. The second-order valence-corrected chi connectivity index (χ2v) is 4.77. The van der Waals surface area contributed by atoms with Crippen molar-refractivity contribution >= 4 is 21.6 Å². The average Bonchev–Trinajstić information content (AvgIpc) is 2.36. The SMILES string of the molecule is Fc1ccc(NCCc2cc(F)ccc2Br)cc1. The lowest BCUT2D eigenvalue weighted by molar-refractivity contribution is 0.625. The number of benzene rings is 2. The van der Waals surface area contributed by atoms with Crippen molar-refractivity contribution in [3.63, 3.8) is 0 Å². The maximum Gasteiger partial charge on any atom is 0.123 e. The summed E-state index contributed by atoms with van der Waals surface area (Å²) in [4.78, 5) is 0. The molecule has 94 valence electrons. The molecule has 0 atom stereocenters. The molecule has 0 saturated heterocycles. The Hall–Kier alpha value is -1.42. The first-order chi connectivity index (χ1) is 8.65. The Morgan fingerprint density at radius 1 is 0.944 bits per heavy atom. The Balaban J connectivity index is 1.92. The maximum absolute atomic E-state index is 13.1. The fourth-order valence-corrected chi connectivity index (χ4v) is 2.09. The molecule has 0 unspecified atom stereocenters. The Labute approximate surface area is 113 Å². The standard InChI is InChI=1S/C14H12BrF2N/c15-14-6-3-12(17)9-10(14)7-8-18-13-4-1-11(16)2-5-13/h1-6,9,18H,7-8H2. The number of rotatable bonds is 4. The molecule has 2 aromatic carbocycles. The zero-order valence-corrected chi connectivity index (χ0v) is 11.2. The molecule has 4 heteroatoms. The van der Waals surface area contributed by atoms with Crippen LogP contribution in [0.15, 0.2) is 46.9 Å². The van der Waals surface area contributed by atoms with Gasteiger partial charge >= 0.3 is 0 Å². The highest BCUT2D eigenvalue weighted by Crippen LogP contribution is 2.18. The molecule has 1 nitrogen and oxygen atoms in total. The van der Waals surface area contributed by atoms with E-state index in [1.165, 1.54) is 24.3 Å². The van der Waals surface area contributed by atoms with E-state index >= 15 is 0 Å². The third-order valence-electron chi connectivity index (χ3n) is 2.58. The molecule has 0 spiro atoms. The lowest BCUT2D eigenvalue weighted by Crippen LogP contribution is -2.05. The third kappa shape index (κ3) is 3.53. The molecular formula is C14H12BrF2N. The zero-order valence-electron chi connectivity index (χ0n) is 9.59. The number of hydrogen-bond acceptors (Lipinski definition) is 1. The molecule has 0 aliphatic carbocycles. The van der Waals surface area contributed by atoms with Crippen molar-refractivity contribution < 1.29 is 8.78 Å². The quantitative estimate of drug-likeness (QED) is 0.883. The normalized spacial score (nSPS) is 10.4. The van der Waals surface area contributed by atoms with Crippen LogP contribution >= 0.6 is 15.9 Å². The Kier molecular flexibility index (Phi) is 4.31. The van der Waals surface area contributed by atoms with E-state index in [0.29, 0.717) is 13.0 Å². The zero-order chi connectivity index (χ0) is 13.0. The third-order valence-corrected chi connectivity index (χ3v) is 3.35. The van der Waals surface area contributed by atoms with Crippen LogP contribution in [0.25, 0.3) is 0 Å². The van der Waals surface area contributed by atoms with E-state index in [4.69, 9.17) is 0 Å². The first kappa shape index (κ1) is 13.0. The van der Waals surface area contributed by atoms with Gasteiger partial charge in [0.15, 0.2) is 0 Å². The number of halogens is 3. The van der Waals surface area contributed by atoms with Gasteiger partial charge in [-0.25, -0.2) is 8.78 Å². The van der Waals surface area contributed by atoms with Crippen molar-refractivity contribution in [2.24, 2.45) is 0 Å². The molecule has 2 aromatic rings. The molecule has 0 aromatic heterocycles. The van der Waals surface area contributed by atoms with Crippen LogP contribution in [0.1, 0.15) is 5.56 Å². The van der Waals surface area contributed by atoms with Gasteiger partial charge in [-0.3, -0.25) is 0 Å². The van der Waals surface area contributed by atoms with E-state index in [0.717, 1.165) is 15.7 Å². The van der Waals surface area contributed by atoms with Gasteiger partial charge < -0.3 is 5.32 Å². The van der Waals surface area contributed by atoms with Crippen molar-refractivity contribution in [2.75, 3.05) is 11.9 Å². The summed E-state index contributed by atoms with van der Waals surface area (Å²) in [6.07, 6.45) is 0.690. The topological polar surface area (TPSA) is 12.0 Å².